The maximum Gasteiger partial charge on any atom is 0.246 e. The van der Waals surface area contributed by atoms with Gasteiger partial charge in [-0.1, -0.05) is 31.6 Å². The Morgan fingerprint density at radius 1 is 1.36 bits per heavy atom. The lowest BCUT2D eigenvalue weighted by atomic mass is 9.80. The van der Waals surface area contributed by atoms with E-state index in [1.807, 2.05) is 11.0 Å². The number of nitrogens with zero attached hydrogens (tertiary/aromatic N) is 1. The molecule has 0 saturated heterocycles. The highest BCUT2D eigenvalue weighted by atomic mass is 16.2. The number of fused-ring (bicyclic) bond motifs is 1. The molecule has 76 valence electrons. The third-order valence-electron chi connectivity index (χ3n) is 3.26. The average molecular weight is 191 g/mol. The molecule has 0 aromatic heterocycles. The zero-order chi connectivity index (χ0) is 10.0. The first kappa shape index (κ1) is 9.50. The Morgan fingerprint density at radius 2 is 2.14 bits per heavy atom. The lowest BCUT2D eigenvalue weighted by molar-refractivity contribution is -0.133. The van der Waals surface area contributed by atoms with Crippen molar-refractivity contribution in [3.63, 3.8) is 0 Å². The van der Waals surface area contributed by atoms with Crippen molar-refractivity contribution in [3.8, 4) is 0 Å². The lowest BCUT2D eigenvalue weighted by Gasteiger charge is -2.46. The molecule has 1 unspecified atom stereocenters. The molecule has 14 heavy (non-hydrogen) atoms. The van der Waals surface area contributed by atoms with Crippen LogP contribution in [0.15, 0.2) is 24.3 Å². The highest BCUT2D eigenvalue weighted by Gasteiger charge is 2.39. The highest BCUT2D eigenvalue weighted by Crippen LogP contribution is 2.35. The van der Waals surface area contributed by atoms with Gasteiger partial charge in [0.25, 0.3) is 0 Å². The maximum atomic E-state index is 11.7. The van der Waals surface area contributed by atoms with E-state index in [1.54, 1.807) is 6.08 Å². The Hall–Kier alpha value is -1.05. The molecular formula is C12H17NO. The van der Waals surface area contributed by atoms with Gasteiger partial charge in [0.15, 0.2) is 0 Å². The summed E-state index contributed by atoms with van der Waals surface area (Å²) in [6, 6.07) is 0. The molecule has 0 N–H and O–H groups in total. The van der Waals surface area contributed by atoms with Gasteiger partial charge in [-0.05, 0) is 25.3 Å². The minimum atomic E-state index is 0.106. The van der Waals surface area contributed by atoms with Crippen LogP contribution in [0.3, 0.4) is 0 Å². The topological polar surface area (TPSA) is 20.3 Å². The van der Waals surface area contributed by atoms with E-state index in [9.17, 15) is 4.79 Å². The molecule has 0 fully saturated rings. The molecule has 0 radical (unpaired) electrons. The van der Waals surface area contributed by atoms with Gasteiger partial charge < -0.3 is 4.90 Å². The zero-order valence-electron chi connectivity index (χ0n) is 8.70. The van der Waals surface area contributed by atoms with Crippen LogP contribution in [0.2, 0.25) is 0 Å². The van der Waals surface area contributed by atoms with Crippen LogP contribution in [-0.2, 0) is 4.79 Å². The van der Waals surface area contributed by atoms with Crippen LogP contribution in [0.1, 0.15) is 32.6 Å². The van der Waals surface area contributed by atoms with Gasteiger partial charge in [-0.2, -0.15) is 0 Å². The molecule has 0 bridgehead atoms. The Morgan fingerprint density at radius 3 is 2.93 bits per heavy atom. The second-order valence-electron chi connectivity index (χ2n) is 4.21. The summed E-state index contributed by atoms with van der Waals surface area (Å²) in [6.07, 6.45) is 12.4. The predicted octanol–water partition coefficient (Wildman–Crippen LogP) is 2.27. The normalized spacial score (nSPS) is 30.6. The van der Waals surface area contributed by atoms with Gasteiger partial charge in [0.05, 0.1) is 5.54 Å². The maximum absolute atomic E-state index is 11.7. The summed E-state index contributed by atoms with van der Waals surface area (Å²) in [7, 11) is 0. The van der Waals surface area contributed by atoms with E-state index < -0.39 is 0 Å². The molecule has 0 aromatic rings. The number of carbonyl (C=O) groups excluding carboxylic acids is 1. The van der Waals surface area contributed by atoms with Crippen LogP contribution in [0.25, 0.3) is 0 Å². The van der Waals surface area contributed by atoms with Crippen LogP contribution in [0, 0.1) is 0 Å². The largest absolute Gasteiger partial charge is 0.329 e. The quantitative estimate of drug-likeness (QED) is 0.613. The molecule has 2 nitrogen and oxygen atoms in total. The van der Waals surface area contributed by atoms with E-state index in [2.05, 4.69) is 19.1 Å². The van der Waals surface area contributed by atoms with Crippen molar-refractivity contribution >= 4 is 5.91 Å². The number of hydrogen-bond acceptors (Lipinski definition) is 1. The summed E-state index contributed by atoms with van der Waals surface area (Å²) in [6.45, 7) is 2.98. The molecule has 2 rings (SSSR count). The molecule has 2 aliphatic heterocycles. The van der Waals surface area contributed by atoms with E-state index in [-0.39, 0.29) is 11.4 Å². The molecule has 1 atom stereocenters. The summed E-state index contributed by atoms with van der Waals surface area (Å²) in [4.78, 5) is 13.8. The second-order valence-corrected chi connectivity index (χ2v) is 4.21. The molecule has 0 aromatic carbocycles. The monoisotopic (exact) mass is 191 g/mol. The summed E-state index contributed by atoms with van der Waals surface area (Å²) in [5, 5.41) is 0. The second kappa shape index (κ2) is 3.60. The van der Waals surface area contributed by atoms with Gasteiger partial charge in [0.1, 0.15) is 0 Å². The SMILES string of the molecule is CCCC12CC=CCN1C(=O)C=CC2. The van der Waals surface area contributed by atoms with Crippen molar-refractivity contribution < 1.29 is 4.79 Å². The van der Waals surface area contributed by atoms with Gasteiger partial charge in [-0.25, -0.2) is 0 Å². The van der Waals surface area contributed by atoms with Crippen LogP contribution < -0.4 is 0 Å². The minimum absolute atomic E-state index is 0.106. The molecule has 2 aliphatic rings. The molecular weight excluding hydrogens is 174 g/mol. The zero-order valence-corrected chi connectivity index (χ0v) is 8.70. The molecule has 0 spiro atoms. The standard InChI is InChI=1S/C12H17NO/c1-2-7-12-8-3-4-10-13(12)11(14)6-5-9-12/h3-6H,2,7-10H2,1H3. The minimum Gasteiger partial charge on any atom is -0.329 e. The third kappa shape index (κ3) is 1.39. The molecule has 1 amide bonds. The first-order chi connectivity index (χ1) is 6.78. The van der Waals surface area contributed by atoms with Crippen LogP contribution in [-0.4, -0.2) is 22.9 Å². The van der Waals surface area contributed by atoms with E-state index in [4.69, 9.17) is 0 Å². The Bertz CT molecular complexity index is 293. The molecule has 2 heteroatoms. The molecule has 0 saturated carbocycles. The van der Waals surface area contributed by atoms with Gasteiger partial charge in [0.2, 0.25) is 5.91 Å². The van der Waals surface area contributed by atoms with Gasteiger partial charge in [-0.15, -0.1) is 0 Å². The fourth-order valence-electron chi connectivity index (χ4n) is 2.58. The fraction of sp³-hybridized carbons (Fsp3) is 0.583. The Balaban J connectivity index is 2.29. The van der Waals surface area contributed by atoms with Crippen LogP contribution in [0.5, 0.6) is 0 Å². The fourth-order valence-corrected chi connectivity index (χ4v) is 2.58. The summed E-state index contributed by atoms with van der Waals surface area (Å²) < 4.78 is 0. The summed E-state index contributed by atoms with van der Waals surface area (Å²) in [5.74, 6) is 0.189. The number of rotatable bonds is 2. The van der Waals surface area contributed by atoms with Crippen molar-refractivity contribution in [1.29, 1.82) is 0 Å². The summed E-state index contributed by atoms with van der Waals surface area (Å²) in [5.41, 5.74) is 0.106. The van der Waals surface area contributed by atoms with Crippen molar-refractivity contribution in [2.24, 2.45) is 0 Å². The van der Waals surface area contributed by atoms with Crippen LogP contribution >= 0.6 is 0 Å². The summed E-state index contributed by atoms with van der Waals surface area (Å²) >= 11 is 0. The highest BCUT2D eigenvalue weighted by molar-refractivity contribution is 5.89. The van der Waals surface area contributed by atoms with E-state index in [0.717, 1.165) is 32.2 Å². The van der Waals surface area contributed by atoms with Gasteiger partial charge >= 0.3 is 0 Å². The van der Waals surface area contributed by atoms with Crippen molar-refractivity contribution in [2.75, 3.05) is 6.54 Å². The van der Waals surface area contributed by atoms with Crippen LogP contribution in [0.4, 0.5) is 0 Å². The molecule has 2 heterocycles. The number of carbonyl (C=O) groups is 1. The third-order valence-corrected chi connectivity index (χ3v) is 3.26. The molecule has 0 aliphatic carbocycles. The van der Waals surface area contributed by atoms with Gasteiger partial charge in [-0.3, -0.25) is 4.79 Å². The number of hydrogen-bond donors (Lipinski definition) is 0. The van der Waals surface area contributed by atoms with E-state index >= 15 is 0 Å². The van der Waals surface area contributed by atoms with E-state index in [1.165, 1.54) is 0 Å². The Labute approximate surface area is 85.3 Å². The predicted molar refractivity (Wildman–Crippen MR) is 56.9 cm³/mol. The van der Waals surface area contributed by atoms with Crippen molar-refractivity contribution in [1.82, 2.24) is 4.90 Å². The van der Waals surface area contributed by atoms with Crippen molar-refractivity contribution in [3.05, 3.63) is 24.3 Å². The number of amides is 1. The Kier molecular flexibility index (Phi) is 2.44. The first-order valence-corrected chi connectivity index (χ1v) is 5.42. The first-order valence-electron chi connectivity index (χ1n) is 5.42. The smallest absolute Gasteiger partial charge is 0.246 e. The van der Waals surface area contributed by atoms with Gasteiger partial charge in [0, 0.05) is 6.54 Å². The lowest BCUT2D eigenvalue weighted by Crippen LogP contribution is -2.54. The van der Waals surface area contributed by atoms with E-state index in [0.29, 0.717) is 0 Å². The average Bonchev–Trinajstić information content (AvgIpc) is 2.18. The van der Waals surface area contributed by atoms with Crippen molar-refractivity contribution in [2.45, 2.75) is 38.1 Å².